The average molecular weight is 209 g/mol. The van der Waals surface area contributed by atoms with Crippen LogP contribution in [-0.4, -0.2) is 22.5 Å². The molecule has 2 rings (SSSR count). The zero-order valence-corrected chi connectivity index (χ0v) is 9.18. The van der Waals surface area contributed by atoms with Gasteiger partial charge in [0.05, 0.1) is 0 Å². The highest BCUT2D eigenvalue weighted by Crippen LogP contribution is 2.29. The first-order valence-corrected chi connectivity index (χ1v) is 5.75. The molecule has 0 unspecified atom stereocenters. The molecule has 0 aromatic heterocycles. The lowest BCUT2D eigenvalue weighted by Crippen LogP contribution is -2.08. The molecular formula is C11H15NOS. The van der Waals surface area contributed by atoms with Crippen molar-refractivity contribution in [1.29, 1.82) is 0 Å². The van der Waals surface area contributed by atoms with E-state index >= 15 is 0 Å². The Kier molecular flexibility index (Phi) is 2.99. The molecule has 0 radical (unpaired) electrons. The van der Waals surface area contributed by atoms with Crippen LogP contribution >= 0.6 is 11.9 Å². The molecule has 1 saturated heterocycles. The van der Waals surface area contributed by atoms with Gasteiger partial charge in [-0.1, -0.05) is 0 Å². The third-order valence-corrected chi connectivity index (χ3v) is 3.56. The van der Waals surface area contributed by atoms with Gasteiger partial charge in [0.15, 0.2) is 0 Å². The quantitative estimate of drug-likeness (QED) is 0.758. The van der Waals surface area contributed by atoms with Gasteiger partial charge in [0.25, 0.3) is 0 Å². The van der Waals surface area contributed by atoms with Gasteiger partial charge in [-0.2, -0.15) is 0 Å². The van der Waals surface area contributed by atoms with Gasteiger partial charge >= 0.3 is 0 Å². The molecule has 1 aromatic carbocycles. The van der Waals surface area contributed by atoms with Crippen LogP contribution in [0.2, 0.25) is 0 Å². The standard InChI is InChI=1S/C11H15NOS/c1-9-8-10(4-5-11(9)13)14-12-6-2-3-7-12/h4-5,8,13H,2-3,6-7H2,1H3. The monoisotopic (exact) mass is 209 g/mol. The van der Waals surface area contributed by atoms with Gasteiger partial charge in [0.2, 0.25) is 0 Å². The van der Waals surface area contributed by atoms with Gasteiger partial charge in [-0.3, -0.25) is 0 Å². The predicted octanol–water partition coefficient (Wildman–Crippen LogP) is 2.80. The van der Waals surface area contributed by atoms with Crippen LogP contribution in [0.4, 0.5) is 0 Å². The number of aromatic hydroxyl groups is 1. The second-order valence-corrected chi connectivity index (χ2v) is 4.85. The van der Waals surface area contributed by atoms with E-state index in [1.807, 2.05) is 19.1 Å². The fourth-order valence-electron chi connectivity index (χ4n) is 1.61. The molecule has 0 amide bonds. The summed E-state index contributed by atoms with van der Waals surface area (Å²) in [7, 11) is 0. The van der Waals surface area contributed by atoms with Crippen LogP contribution < -0.4 is 0 Å². The van der Waals surface area contributed by atoms with Crippen molar-refractivity contribution in [2.24, 2.45) is 0 Å². The molecule has 2 nitrogen and oxygen atoms in total. The molecule has 1 aliphatic heterocycles. The van der Waals surface area contributed by atoms with Crippen LogP contribution in [0.5, 0.6) is 5.75 Å². The van der Waals surface area contributed by atoms with E-state index in [1.165, 1.54) is 30.8 Å². The highest BCUT2D eigenvalue weighted by atomic mass is 32.2. The van der Waals surface area contributed by atoms with E-state index in [1.54, 1.807) is 18.0 Å². The Morgan fingerprint density at radius 3 is 2.64 bits per heavy atom. The maximum absolute atomic E-state index is 9.38. The maximum Gasteiger partial charge on any atom is 0.118 e. The first kappa shape index (κ1) is 9.87. The molecule has 0 atom stereocenters. The summed E-state index contributed by atoms with van der Waals surface area (Å²) in [6.07, 6.45) is 2.62. The Morgan fingerprint density at radius 1 is 1.29 bits per heavy atom. The normalized spacial score (nSPS) is 17.5. The Balaban J connectivity index is 2.05. The number of hydrogen-bond acceptors (Lipinski definition) is 3. The summed E-state index contributed by atoms with van der Waals surface area (Å²) in [4.78, 5) is 1.22. The minimum absolute atomic E-state index is 0.385. The molecule has 1 aromatic rings. The second-order valence-electron chi connectivity index (χ2n) is 3.68. The Hall–Kier alpha value is -0.670. The maximum atomic E-state index is 9.38. The topological polar surface area (TPSA) is 23.5 Å². The van der Waals surface area contributed by atoms with Crippen molar-refractivity contribution in [3.05, 3.63) is 23.8 Å². The molecule has 3 heteroatoms. The van der Waals surface area contributed by atoms with Gasteiger partial charge in [-0.15, -0.1) is 0 Å². The molecule has 0 aliphatic carbocycles. The minimum Gasteiger partial charge on any atom is -0.508 e. The largest absolute Gasteiger partial charge is 0.508 e. The minimum atomic E-state index is 0.385. The lowest BCUT2D eigenvalue weighted by atomic mass is 10.2. The summed E-state index contributed by atoms with van der Waals surface area (Å²) in [5, 5.41) is 9.38. The van der Waals surface area contributed by atoms with Gasteiger partial charge < -0.3 is 5.11 Å². The summed E-state index contributed by atoms with van der Waals surface area (Å²) in [6, 6.07) is 5.79. The van der Waals surface area contributed by atoms with Crippen LogP contribution in [0.1, 0.15) is 18.4 Å². The lowest BCUT2D eigenvalue weighted by molar-refractivity contribution is 0.470. The lowest BCUT2D eigenvalue weighted by Gasteiger charge is -2.13. The van der Waals surface area contributed by atoms with Crippen LogP contribution in [0, 0.1) is 6.92 Å². The van der Waals surface area contributed by atoms with Crippen molar-refractivity contribution < 1.29 is 5.11 Å². The summed E-state index contributed by atoms with van der Waals surface area (Å²) in [5.74, 6) is 0.385. The zero-order valence-electron chi connectivity index (χ0n) is 8.36. The number of phenolic OH excluding ortho intramolecular Hbond substituents is 1. The van der Waals surface area contributed by atoms with Crippen molar-refractivity contribution in [1.82, 2.24) is 4.31 Å². The van der Waals surface area contributed by atoms with Gasteiger partial charge in [-0.25, -0.2) is 4.31 Å². The molecule has 14 heavy (non-hydrogen) atoms. The Bertz CT molecular complexity index is 321. The van der Waals surface area contributed by atoms with Crippen molar-refractivity contribution in [3.63, 3.8) is 0 Å². The SMILES string of the molecule is Cc1cc(SN2CCCC2)ccc1O. The van der Waals surface area contributed by atoms with E-state index in [9.17, 15) is 5.11 Å². The average Bonchev–Trinajstić information content (AvgIpc) is 2.64. The van der Waals surface area contributed by atoms with E-state index in [2.05, 4.69) is 4.31 Å². The van der Waals surface area contributed by atoms with E-state index in [4.69, 9.17) is 0 Å². The summed E-state index contributed by atoms with van der Waals surface area (Å²) >= 11 is 1.80. The fraction of sp³-hybridized carbons (Fsp3) is 0.455. The second kappa shape index (κ2) is 4.24. The van der Waals surface area contributed by atoms with Crippen LogP contribution in [0.25, 0.3) is 0 Å². The Morgan fingerprint density at radius 2 is 2.00 bits per heavy atom. The molecular weight excluding hydrogens is 194 g/mol. The summed E-state index contributed by atoms with van der Waals surface area (Å²) in [5.41, 5.74) is 0.953. The van der Waals surface area contributed by atoms with Gasteiger partial charge in [0.1, 0.15) is 5.75 Å². The van der Waals surface area contributed by atoms with Crippen LogP contribution in [0.3, 0.4) is 0 Å². The van der Waals surface area contributed by atoms with Crippen molar-refractivity contribution >= 4 is 11.9 Å². The smallest absolute Gasteiger partial charge is 0.118 e. The van der Waals surface area contributed by atoms with Crippen molar-refractivity contribution in [2.45, 2.75) is 24.7 Å². The van der Waals surface area contributed by atoms with Crippen molar-refractivity contribution in [2.75, 3.05) is 13.1 Å². The first-order chi connectivity index (χ1) is 6.75. The number of benzene rings is 1. The molecule has 1 heterocycles. The summed E-state index contributed by atoms with van der Waals surface area (Å²) in [6.45, 7) is 4.30. The molecule has 1 aliphatic rings. The van der Waals surface area contributed by atoms with Crippen LogP contribution in [-0.2, 0) is 0 Å². The van der Waals surface area contributed by atoms with E-state index in [-0.39, 0.29) is 0 Å². The van der Waals surface area contributed by atoms with E-state index in [0.717, 1.165) is 5.56 Å². The molecule has 76 valence electrons. The van der Waals surface area contributed by atoms with E-state index < -0.39 is 0 Å². The first-order valence-electron chi connectivity index (χ1n) is 4.98. The predicted molar refractivity (Wildman–Crippen MR) is 59.5 cm³/mol. The molecule has 0 bridgehead atoms. The number of aryl methyl sites for hydroxylation is 1. The van der Waals surface area contributed by atoms with Gasteiger partial charge in [-0.05, 0) is 55.5 Å². The molecule has 1 N–H and O–H groups in total. The number of nitrogens with zero attached hydrogens (tertiary/aromatic N) is 1. The molecule has 1 fully saturated rings. The Labute approximate surface area is 89.1 Å². The number of rotatable bonds is 2. The van der Waals surface area contributed by atoms with Crippen LogP contribution in [0.15, 0.2) is 23.1 Å². The van der Waals surface area contributed by atoms with Crippen molar-refractivity contribution in [3.8, 4) is 5.75 Å². The highest BCUT2D eigenvalue weighted by molar-refractivity contribution is 7.97. The third-order valence-electron chi connectivity index (χ3n) is 2.47. The number of phenols is 1. The zero-order chi connectivity index (χ0) is 9.97. The highest BCUT2D eigenvalue weighted by Gasteiger charge is 2.12. The number of hydrogen-bond donors (Lipinski definition) is 1. The van der Waals surface area contributed by atoms with E-state index in [0.29, 0.717) is 5.75 Å². The summed E-state index contributed by atoms with van der Waals surface area (Å²) < 4.78 is 2.38. The van der Waals surface area contributed by atoms with Gasteiger partial charge in [0, 0.05) is 18.0 Å². The fourth-order valence-corrected chi connectivity index (χ4v) is 2.71. The molecule has 0 saturated carbocycles. The molecule has 0 spiro atoms. The third kappa shape index (κ3) is 2.22.